The molecule has 218 valence electrons. The predicted molar refractivity (Wildman–Crippen MR) is 154 cm³/mol. The van der Waals surface area contributed by atoms with E-state index in [4.69, 9.17) is 9.51 Å². The first kappa shape index (κ1) is 25.4. The Morgan fingerprint density at radius 3 is 2.56 bits per heavy atom. The maximum Gasteiger partial charge on any atom is 0.233 e. The Bertz CT molecular complexity index is 1800. The Hall–Kier alpha value is -4.13. The Morgan fingerprint density at radius 1 is 1.09 bits per heavy atom. The van der Waals surface area contributed by atoms with Gasteiger partial charge in [0, 0.05) is 35.2 Å². The first-order chi connectivity index (χ1) is 20.8. The quantitative estimate of drug-likeness (QED) is 0.263. The molecule has 4 aromatic rings. The summed E-state index contributed by atoms with van der Waals surface area (Å²) in [6.45, 7) is 0.625. The third-order valence-corrected chi connectivity index (χ3v) is 11.3. The highest BCUT2D eigenvalue weighted by molar-refractivity contribution is 6.00. The number of alkyl halides is 1. The average Bonchev–Trinajstić information content (AvgIpc) is 3.57. The summed E-state index contributed by atoms with van der Waals surface area (Å²) in [6.07, 6.45) is 12.5. The molecule has 43 heavy (non-hydrogen) atoms. The number of nitrogens with zero attached hydrogens (tertiary/aromatic N) is 7. The van der Waals surface area contributed by atoms with E-state index < -0.39 is 11.1 Å². The van der Waals surface area contributed by atoms with Crippen molar-refractivity contribution < 1.29 is 13.7 Å². The number of carbonyl (C=O) groups excluding carboxylic acids is 1. The van der Waals surface area contributed by atoms with Gasteiger partial charge in [0.15, 0.2) is 11.5 Å². The van der Waals surface area contributed by atoms with E-state index in [0.717, 1.165) is 80.0 Å². The molecule has 7 aliphatic carbocycles. The number of anilines is 1. The van der Waals surface area contributed by atoms with E-state index in [-0.39, 0.29) is 16.7 Å². The number of carbonyl (C=O) groups is 1. The van der Waals surface area contributed by atoms with E-state index in [0.29, 0.717) is 42.9 Å². The predicted octanol–water partition coefficient (Wildman–Crippen LogP) is 6.05. The largest absolute Gasteiger partial charge is 0.339 e. The topological polar surface area (TPSA) is 113 Å². The van der Waals surface area contributed by atoms with Crippen LogP contribution in [0.5, 0.6) is 0 Å². The fourth-order valence-electron chi connectivity index (χ4n) is 8.54. The molecule has 4 bridgehead atoms. The molecule has 0 spiro atoms. The molecule has 7 aliphatic rings. The Morgan fingerprint density at radius 2 is 1.86 bits per heavy atom. The van der Waals surface area contributed by atoms with Gasteiger partial charge >= 0.3 is 0 Å². The zero-order valence-electron chi connectivity index (χ0n) is 23.9. The maximum absolute atomic E-state index is 14.6. The van der Waals surface area contributed by atoms with Gasteiger partial charge < -0.3 is 9.42 Å². The smallest absolute Gasteiger partial charge is 0.233 e. The van der Waals surface area contributed by atoms with Gasteiger partial charge in [-0.25, -0.2) is 13.9 Å². The third-order valence-electron chi connectivity index (χ3n) is 11.3. The molecule has 10 heteroatoms. The molecule has 11 rings (SSSR count). The number of hydrogen-bond acceptors (Lipinski definition) is 7. The Kier molecular flexibility index (Phi) is 5.01. The molecule has 0 N–H and O–H groups in total. The van der Waals surface area contributed by atoms with Crippen molar-refractivity contribution in [3.05, 3.63) is 60.0 Å². The average molecular weight is 578 g/mol. The summed E-state index contributed by atoms with van der Waals surface area (Å²) in [5.74, 6) is 2.22. The van der Waals surface area contributed by atoms with Gasteiger partial charge in [-0.2, -0.15) is 15.3 Å². The van der Waals surface area contributed by atoms with Crippen molar-refractivity contribution in [2.75, 3.05) is 11.4 Å². The van der Waals surface area contributed by atoms with Crippen molar-refractivity contribution in [3.8, 4) is 17.3 Å². The van der Waals surface area contributed by atoms with Crippen molar-refractivity contribution in [1.29, 1.82) is 5.26 Å². The second-order valence-corrected chi connectivity index (χ2v) is 14.2. The molecule has 7 fully saturated rings. The highest BCUT2D eigenvalue weighted by Crippen LogP contribution is 2.70. The molecule has 9 nitrogen and oxygen atoms in total. The van der Waals surface area contributed by atoms with Crippen LogP contribution < -0.4 is 4.90 Å². The van der Waals surface area contributed by atoms with Gasteiger partial charge in [0.05, 0.1) is 29.1 Å². The van der Waals surface area contributed by atoms with Gasteiger partial charge in [-0.3, -0.25) is 4.79 Å². The lowest BCUT2D eigenvalue weighted by Crippen LogP contribution is -2.71. The number of imidazole rings is 1. The number of hydrogen-bond donors (Lipinski definition) is 0. The van der Waals surface area contributed by atoms with Crippen LogP contribution >= 0.6 is 0 Å². The van der Waals surface area contributed by atoms with Gasteiger partial charge in [-0.05, 0) is 88.2 Å². The van der Waals surface area contributed by atoms with Crippen LogP contribution in [-0.4, -0.2) is 42.9 Å². The molecule has 0 radical (unpaired) electrons. The standard InChI is InChI=1S/C33H32FN7O2/c34-33-17-32(18-33,19-33)29(42)40(24-3-1-2-23(13-24)25-16-36-26-12-21(14-35)15-37-41(25)26)20-30-6-9-31(10-7-30,11-8-30)28-38-27(39-43-28)22-4-5-22/h1-3,12-13,15-16,22H,4-11,17-20H2. The van der Waals surface area contributed by atoms with Crippen LogP contribution in [0.25, 0.3) is 16.9 Å². The van der Waals surface area contributed by atoms with E-state index in [1.54, 1.807) is 16.8 Å². The number of benzene rings is 1. The Balaban J connectivity index is 1.02. The number of rotatable bonds is 7. The lowest BCUT2D eigenvalue weighted by molar-refractivity contribution is -0.211. The van der Waals surface area contributed by atoms with Crippen molar-refractivity contribution in [3.63, 3.8) is 0 Å². The summed E-state index contributed by atoms with van der Waals surface area (Å²) in [5, 5.41) is 18.0. The van der Waals surface area contributed by atoms with Crippen molar-refractivity contribution in [2.45, 2.75) is 87.6 Å². The van der Waals surface area contributed by atoms with E-state index >= 15 is 0 Å². The molecular weight excluding hydrogens is 545 g/mol. The van der Waals surface area contributed by atoms with E-state index in [1.807, 2.05) is 29.2 Å². The molecule has 3 heterocycles. The van der Waals surface area contributed by atoms with Crippen LogP contribution in [0.3, 0.4) is 0 Å². The molecular formula is C33H32FN7O2. The zero-order chi connectivity index (χ0) is 29.0. The summed E-state index contributed by atoms with van der Waals surface area (Å²) in [4.78, 5) is 25.6. The minimum Gasteiger partial charge on any atom is -0.339 e. The number of aromatic nitrogens is 5. The Labute approximate surface area is 248 Å². The number of nitriles is 1. The lowest BCUT2D eigenvalue weighted by Gasteiger charge is -2.65. The molecule has 1 amide bonds. The van der Waals surface area contributed by atoms with Crippen LogP contribution in [0.1, 0.15) is 93.8 Å². The van der Waals surface area contributed by atoms with Crippen LogP contribution in [0, 0.1) is 22.2 Å². The molecule has 0 unspecified atom stereocenters. The molecule has 0 atom stereocenters. The fourth-order valence-corrected chi connectivity index (χ4v) is 8.54. The van der Waals surface area contributed by atoms with Gasteiger partial charge in [0.25, 0.3) is 0 Å². The van der Waals surface area contributed by atoms with Crippen molar-refractivity contribution in [1.82, 2.24) is 24.7 Å². The van der Waals surface area contributed by atoms with Crippen LogP contribution in [0.2, 0.25) is 0 Å². The van der Waals surface area contributed by atoms with Crippen LogP contribution in [0.4, 0.5) is 10.1 Å². The summed E-state index contributed by atoms with van der Waals surface area (Å²) < 4.78 is 22.2. The van der Waals surface area contributed by atoms with E-state index in [9.17, 15) is 14.4 Å². The zero-order valence-corrected chi connectivity index (χ0v) is 23.9. The summed E-state index contributed by atoms with van der Waals surface area (Å²) in [5.41, 5.74) is 1.76. The summed E-state index contributed by atoms with van der Waals surface area (Å²) in [7, 11) is 0. The monoisotopic (exact) mass is 577 g/mol. The van der Waals surface area contributed by atoms with Gasteiger partial charge in [-0.1, -0.05) is 17.3 Å². The number of amides is 1. The fraction of sp³-hybridized carbons (Fsp3) is 0.515. The van der Waals surface area contributed by atoms with Gasteiger partial charge in [0.1, 0.15) is 11.7 Å². The van der Waals surface area contributed by atoms with Crippen LogP contribution in [-0.2, 0) is 10.2 Å². The summed E-state index contributed by atoms with van der Waals surface area (Å²) in [6, 6.07) is 11.8. The van der Waals surface area contributed by atoms with Crippen molar-refractivity contribution in [2.24, 2.45) is 10.8 Å². The third kappa shape index (κ3) is 3.76. The SMILES string of the molecule is N#Cc1cnn2c(-c3cccc(N(CC45CCC(c6nc(C7CC7)no6)(CC4)CC5)C(=O)C45CC(F)(C4)C5)c3)cnc2c1. The molecule has 3 aromatic heterocycles. The second-order valence-electron chi connectivity index (χ2n) is 14.2. The number of halogens is 1. The molecule has 0 aliphatic heterocycles. The van der Waals surface area contributed by atoms with Crippen molar-refractivity contribution >= 4 is 17.2 Å². The highest BCUT2D eigenvalue weighted by atomic mass is 19.1. The first-order valence-electron chi connectivity index (χ1n) is 15.5. The lowest BCUT2D eigenvalue weighted by atomic mass is 9.41. The van der Waals surface area contributed by atoms with Gasteiger partial charge in [-0.15, -0.1) is 0 Å². The first-order valence-corrected chi connectivity index (χ1v) is 15.5. The van der Waals surface area contributed by atoms with Gasteiger partial charge in [0.2, 0.25) is 11.8 Å². The van der Waals surface area contributed by atoms with E-state index in [2.05, 4.69) is 21.3 Å². The minimum absolute atomic E-state index is 0.00224. The number of fused-ring (bicyclic) bond motifs is 4. The van der Waals surface area contributed by atoms with E-state index in [1.165, 1.54) is 6.20 Å². The minimum atomic E-state index is -1.15. The highest BCUT2D eigenvalue weighted by Gasteiger charge is 2.73. The normalized spacial score (nSPS) is 32.2. The maximum atomic E-state index is 14.6. The second kappa shape index (κ2) is 8.49. The molecule has 7 saturated carbocycles. The summed E-state index contributed by atoms with van der Waals surface area (Å²) >= 11 is 0. The molecule has 1 aromatic carbocycles. The van der Waals surface area contributed by atoms with Crippen LogP contribution in [0.15, 0.2) is 47.2 Å². The molecule has 0 saturated heterocycles.